The molecule has 1 saturated heterocycles. The number of hydrogen-bond donors (Lipinski definition) is 3. The number of piperidine rings is 1. The van der Waals surface area contributed by atoms with E-state index < -0.39 is 41.5 Å². The smallest absolute Gasteiger partial charge is 0.272 e. The lowest BCUT2D eigenvalue weighted by molar-refractivity contribution is -0.115. The Kier molecular flexibility index (Phi) is 7.41. The second-order valence-corrected chi connectivity index (χ2v) is 6.13. The van der Waals surface area contributed by atoms with Crippen LogP contribution in [-0.2, 0) is 4.79 Å². The molecule has 28 heavy (non-hydrogen) atoms. The van der Waals surface area contributed by atoms with Gasteiger partial charge < -0.3 is 16.0 Å². The maximum Gasteiger partial charge on any atom is 0.272 e. The highest BCUT2D eigenvalue weighted by Crippen LogP contribution is 2.19. The molecule has 1 unspecified atom stereocenters. The molecule has 2 aromatic rings. The Morgan fingerprint density at radius 1 is 1.21 bits per heavy atom. The summed E-state index contributed by atoms with van der Waals surface area (Å²) in [7, 11) is 0. The molecule has 1 aromatic carbocycles. The van der Waals surface area contributed by atoms with Crippen molar-refractivity contribution in [3.05, 3.63) is 47.5 Å². The number of halogens is 4. The second kappa shape index (κ2) is 9.56. The van der Waals surface area contributed by atoms with Gasteiger partial charge in [-0.15, -0.1) is 12.4 Å². The lowest BCUT2D eigenvalue weighted by atomic mass is 10.1. The van der Waals surface area contributed by atoms with Gasteiger partial charge in [-0.05, 0) is 37.6 Å². The molecule has 0 aliphatic carbocycles. The molecule has 1 aliphatic rings. The number of nitrogens with one attached hydrogen (secondary N) is 3. The Bertz CT molecular complexity index is 855. The van der Waals surface area contributed by atoms with Crippen LogP contribution in [0.15, 0.2) is 24.4 Å². The lowest BCUT2D eigenvalue weighted by Crippen LogP contribution is -2.34. The lowest BCUT2D eigenvalue weighted by Gasteiger charge is -2.22. The highest BCUT2D eigenvalue weighted by atomic mass is 35.5. The third kappa shape index (κ3) is 5.02. The number of carbonyl (C=O) groups excluding carboxylic acids is 2. The van der Waals surface area contributed by atoms with Crippen LogP contribution in [0, 0.1) is 17.5 Å². The van der Waals surface area contributed by atoms with Crippen LogP contribution < -0.4 is 16.0 Å². The maximum absolute atomic E-state index is 13.5. The van der Waals surface area contributed by atoms with E-state index in [-0.39, 0.29) is 24.1 Å². The van der Waals surface area contributed by atoms with E-state index in [4.69, 9.17) is 0 Å². The fourth-order valence-electron chi connectivity index (χ4n) is 2.79. The quantitative estimate of drug-likeness (QED) is 0.649. The van der Waals surface area contributed by atoms with Crippen LogP contribution in [0.2, 0.25) is 0 Å². The molecule has 3 N–H and O–H groups in total. The van der Waals surface area contributed by atoms with Crippen LogP contribution in [0.25, 0.3) is 0 Å². The van der Waals surface area contributed by atoms with Gasteiger partial charge in [-0.3, -0.25) is 14.3 Å². The normalized spacial score (nSPS) is 16.2. The van der Waals surface area contributed by atoms with Crippen molar-refractivity contribution in [1.29, 1.82) is 0 Å². The highest BCUT2D eigenvalue weighted by Gasteiger charge is 2.19. The Labute approximate surface area is 165 Å². The molecule has 3 rings (SSSR count). The third-order valence-corrected chi connectivity index (χ3v) is 4.20. The minimum absolute atomic E-state index is 0. The SMILES string of the molecule is Cl.O=C(CNC(=O)c1ccn(C2CCCNC2)n1)Nc1ccc(F)c(F)c1F. The molecule has 152 valence electrons. The summed E-state index contributed by atoms with van der Waals surface area (Å²) in [6.07, 6.45) is 3.67. The fraction of sp³-hybridized carbons (Fsp3) is 0.353. The van der Waals surface area contributed by atoms with Crippen LogP contribution in [-0.4, -0.2) is 41.2 Å². The minimum Gasteiger partial charge on any atom is -0.342 e. The molecule has 7 nitrogen and oxygen atoms in total. The van der Waals surface area contributed by atoms with Gasteiger partial charge in [-0.1, -0.05) is 0 Å². The predicted octanol–water partition coefficient (Wildman–Crippen LogP) is 2.02. The van der Waals surface area contributed by atoms with Gasteiger partial charge in [-0.2, -0.15) is 5.10 Å². The molecule has 2 heterocycles. The van der Waals surface area contributed by atoms with Crippen LogP contribution in [0.4, 0.5) is 18.9 Å². The average Bonchev–Trinajstić information content (AvgIpc) is 3.18. The van der Waals surface area contributed by atoms with Crippen molar-refractivity contribution in [2.45, 2.75) is 18.9 Å². The number of hydrogen-bond acceptors (Lipinski definition) is 4. The van der Waals surface area contributed by atoms with E-state index in [1.54, 1.807) is 10.9 Å². The van der Waals surface area contributed by atoms with Crippen LogP contribution >= 0.6 is 12.4 Å². The average molecular weight is 418 g/mol. The largest absolute Gasteiger partial charge is 0.342 e. The van der Waals surface area contributed by atoms with Crippen molar-refractivity contribution in [2.75, 3.05) is 25.0 Å². The summed E-state index contributed by atoms with van der Waals surface area (Å²) in [5, 5.41) is 11.9. The number of rotatable bonds is 5. The summed E-state index contributed by atoms with van der Waals surface area (Å²) in [6, 6.07) is 3.30. The van der Waals surface area contributed by atoms with Gasteiger partial charge in [0.2, 0.25) is 5.91 Å². The molecule has 1 atom stereocenters. The Morgan fingerprint density at radius 2 is 2.00 bits per heavy atom. The van der Waals surface area contributed by atoms with Crippen molar-refractivity contribution in [1.82, 2.24) is 20.4 Å². The molecule has 2 amide bonds. The summed E-state index contributed by atoms with van der Waals surface area (Å²) in [4.78, 5) is 23.9. The minimum atomic E-state index is -1.68. The summed E-state index contributed by atoms with van der Waals surface area (Å²) in [5.74, 6) is -5.90. The van der Waals surface area contributed by atoms with Gasteiger partial charge in [0.15, 0.2) is 17.5 Å². The van der Waals surface area contributed by atoms with E-state index in [0.717, 1.165) is 32.0 Å². The van der Waals surface area contributed by atoms with Crippen molar-refractivity contribution in [3.63, 3.8) is 0 Å². The molecule has 1 aromatic heterocycles. The summed E-state index contributed by atoms with van der Waals surface area (Å²) in [6.45, 7) is 1.25. The van der Waals surface area contributed by atoms with Crippen molar-refractivity contribution >= 4 is 29.9 Å². The first-order valence-corrected chi connectivity index (χ1v) is 8.43. The van der Waals surface area contributed by atoms with E-state index in [1.165, 1.54) is 6.07 Å². The zero-order valence-corrected chi connectivity index (χ0v) is 15.5. The zero-order chi connectivity index (χ0) is 19.4. The predicted molar refractivity (Wildman–Crippen MR) is 97.9 cm³/mol. The summed E-state index contributed by atoms with van der Waals surface area (Å²) < 4.78 is 41.3. The first-order valence-electron chi connectivity index (χ1n) is 8.43. The van der Waals surface area contributed by atoms with Gasteiger partial charge in [-0.25, -0.2) is 13.2 Å². The van der Waals surface area contributed by atoms with Crippen LogP contribution in [0.5, 0.6) is 0 Å². The molecule has 1 aliphatic heterocycles. The van der Waals surface area contributed by atoms with Crippen molar-refractivity contribution < 1.29 is 22.8 Å². The topological polar surface area (TPSA) is 88.1 Å². The molecule has 1 fully saturated rings. The maximum atomic E-state index is 13.5. The molecule has 11 heteroatoms. The van der Waals surface area contributed by atoms with Crippen molar-refractivity contribution in [3.8, 4) is 0 Å². The van der Waals surface area contributed by atoms with Gasteiger partial charge in [0.25, 0.3) is 5.91 Å². The Balaban J connectivity index is 0.00000280. The molecule has 0 radical (unpaired) electrons. The van der Waals surface area contributed by atoms with E-state index >= 15 is 0 Å². The van der Waals surface area contributed by atoms with Crippen molar-refractivity contribution in [2.24, 2.45) is 0 Å². The molecule has 0 bridgehead atoms. The zero-order valence-electron chi connectivity index (χ0n) is 14.7. The van der Waals surface area contributed by atoms with Gasteiger partial charge >= 0.3 is 0 Å². The highest BCUT2D eigenvalue weighted by molar-refractivity contribution is 5.98. The molecular weight excluding hydrogens is 399 g/mol. The van der Waals surface area contributed by atoms with Gasteiger partial charge in [0.05, 0.1) is 18.3 Å². The van der Waals surface area contributed by atoms with Gasteiger partial charge in [0.1, 0.15) is 5.69 Å². The summed E-state index contributed by atoms with van der Waals surface area (Å²) in [5.41, 5.74) is -0.366. The van der Waals surface area contributed by atoms with Gasteiger partial charge in [0, 0.05) is 12.7 Å². The van der Waals surface area contributed by atoms with E-state index in [9.17, 15) is 22.8 Å². The number of aromatic nitrogens is 2. The van der Waals surface area contributed by atoms with Crippen LogP contribution in [0.3, 0.4) is 0 Å². The Morgan fingerprint density at radius 3 is 2.71 bits per heavy atom. The number of amides is 2. The number of anilines is 1. The number of carbonyl (C=O) groups is 2. The molecule has 0 spiro atoms. The number of benzene rings is 1. The monoisotopic (exact) mass is 417 g/mol. The fourth-order valence-corrected chi connectivity index (χ4v) is 2.79. The van der Waals surface area contributed by atoms with E-state index in [1.807, 2.05) is 0 Å². The summed E-state index contributed by atoms with van der Waals surface area (Å²) >= 11 is 0. The Hall–Kier alpha value is -2.59. The number of nitrogens with zero attached hydrogens (tertiary/aromatic N) is 2. The van der Waals surface area contributed by atoms with E-state index in [2.05, 4.69) is 21.0 Å². The second-order valence-electron chi connectivity index (χ2n) is 6.13. The first kappa shape index (κ1) is 21.7. The van der Waals surface area contributed by atoms with E-state index in [0.29, 0.717) is 6.07 Å². The molecule has 0 saturated carbocycles. The van der Waals surface area contributed by atoms with Crippen LogP contribution in [0.1, 0.15) is 29.4 Å². The first-order chi connectivity index (χ1) is 13.0. The third-order valence-electron chi connectivity index (χ3n) is 4.20. The molecular formula is C17H19ClF3N5O2. The standard InChI is InChI=1S/C17H18F3N5O2.ClH/c18-11-3-4-12(16(20)15(11)19)23-14(26)9-22-17(27)13-5-7-25(24-13)10-2-1-6-21-8-10;/h3-5,7,10,21H,1-2,6,8-9H2,(H,22,27)(H,23,26);1H.